The standard InChI is InChI=1S/C39H37N3O7S/c1-6-41(7-2)38(44)34-23(3)40-39-42(36(34)35-27-11-9-8-10-26(27)14-17-30(35)45-4)37(43)33(50-39)20-24-12-15-28(31(18-24)46-5)47-21-25-13-16-29-32(19-25)49-22-48-29/h8-20,36H,6-7,21-22H2,1-5H3/b33-20+/t36-/m1/s1. The van der Waals surface area contributed by atoms with E-state index in [4.69, 9.17) is 28.7 Å². The second-order valence-corrected chi connectivity index (χ2v) is 12.9. The summed E-state index contributed by atoms with van der Waals surface area (Å²) in [5.41, 5.74) is 3.18. The quantitative estimate of drug-likeness (QED) is 0.189. The van der Waals surface area contributed by atoms with Crippen LogP contribution in [0, 0.1) is 0 Å². The van der Waals surface area contributed by atoms with Crippen LogP contribution in [0.4, 0.5) is 0 Å². The highest BCUT2D eigenvalue weighted by molar-refractivity contribution is 7.07. The molecule has 0 radical (unpaired) electrons. The third-order valence-electron chi connectivity index (χ3n) is 9.04. The highest BCUT2D eigenvalue weighted by Gasteiger charge is 2.36. The predicted octanol–water partition coefficient (Wildman–Crippen LogP) is 5.58. The van der Waals surface area contributed by atoms with Crippen molar-refractivity contribution >= 4 is 34.1 Å². The summed E-state index contributed by atoms with van der Waals surface area (Å²) in [6, 6.07) is 22.3. The van der Waals surface area contributed by atoms with Crippen molar-refractivity contribution in [2.75, 3.05) is 34.1 Å². The van der Waals surface area contributed by atoms with Gasteiger partial charge in [0.1, 0.15) is 18.4 Å². The zero-order chi connectivity index (χ0) is 34.9. The first kappa shape index (κ1) is 33.0. The molecule has 2 aliphatic rings. The van der Waals surface area contributed by atoms with Gasteiger partial charge in [-0.25, -0.2) is 4.99 Å². The first-order chi connectivity index (χ1) is 24.3. The molecule has 0 saturated carbocycles. The highest BCUT2D eigenvalue weighted by Crippen LogP contribution is 2.41. The zero-order valence-electron chi connectivity index (χ0n) is 28.5. The molecule has 0 bridgehead atoms. The Kier molecular flexibility index (Phi) is 9.07. The van der Waals surface area contributed by atoms with Gasteiger partial charge in [-0.2, -0.15) is 0 Å². The molecule has 50 heavy (non-hydrogen) atoms. The number of amides is 1. The molecule has 5 aromatic rings. The Morgan fingerprint density at radius 3 is 2.50 bits per heavy atom. The van der Waals surface area contributed by atoms with E-state index in [0.717, 1.165) is 27.5 Å². The van der Waals surface area contributed by atoms with Gasteiger partial charge in [0.25, 0.3) is 11.5 Å². The second-order valence-electron chi connectivity index (χ2n) is 11.8. The minimum Gasteiger partial charge on any atom is -0.496 e. The van der Waals surface area contributed by atoms with E-state index in [1.54, 1.807) is 23.7 Å². The van der Waals surface area contributed by atoms with Gasteiger partial charge in [-0.15, -0.1) is 0 Å². The molecule has 256 valence electrons. The first-order valence-corrected chi connectivity index (χ1v) is 17.2. The number of rotatable bonds is 10. The van der Waals surface area contributed by atoms with E-state index in [0.29, 0.717) is 69.0 Å². The summed E-state index contributed by atoms with van der Waals surface area (Å²) < 4.78 is 30.7. The Bertz CT molecular complexity index is 2340. The topological polar surface area (TPSA) is 101 Å². The van der Waals surface area contributed by atoms with Gasteiger partial charge in [0.2, 0.25) is 6.79 Å². The van der Waals surface area contributed by atoms with Crippen LogP contribution in [0.25, 0.3) is 16.8 Å². The Labute approximate surface area is 293 Å². The number of aromatic nitrogens is 1. The van der Waals surface area contributed by atoms with Gasteiger partial charge >= 0.3 is 0 Å². The molecule has 2 aliphatic heterocycles. The van der Waals surface area contributed by atoms with Crippen LogP contribution in [0.3, 0.4) is 0 Å². The van der Waals surface area contributed by atoms with Crippen LogP contribution in [-0.2, 0) is 11.4 Å². The molecule has 11 heteroatoms. The van der Waals surface area contributed by atoms with Crippen LogP contribution < -0.4 is 38.6 Å². The molecule has 10 nitrogen and oxygen atoms in total. The van der Waals surface area contributed by atoms with Crippen molar-refractivity contribution in [3.63, 3.8) is 0 Å². The van der Waals surface area contributed by atoms with Gasteiger partial charge in [-0.05, 0) is 79.1 Å². The maximum atomic E-state index is 14.5. The molecular formula is C39H37N3O7S. The largest absolute Gasteiger partial charge is 0.496 e. The SMILES string of the molecule is CCN(CC)C(=O)C1=C(C)N=c2s/c(=C/c3ccc(OCc4ccc5c(c4)OCO5)c(OC)c3)c(=O)n2[C@H]1c1c(OC)ccc2ccccc12. The molecule has 3 heterocycles. The third-order valence-corrected chi connectivity index (χ3v) is 10.0. The number of hydrogen-bond donors (Lipinski definition) is 0. The number of carbonyl (C=O) groups excluding carboxylic acids is 1. The van der Waals surface area contributed by atoms with E-state index in [1.807, 2.05) is 99.6 Å². The maximum Gasteiger partial charge on any atom is 0.271 e. The van der Waals surface area contributed by atoms with E-state index in [-0.39, 0.29) is 18.3 Å². The number of ether oxygens (including phenoxy) is 5. The van der Waals surface area contributed by atoms with Crippen LogP contribution in [0.5, 0.6) is 28.7 Å². The minimum atomic E-state index is -0.760. The Balaban J connectivity index is 1.31. The van der Waals surface area contributed by atoms with E-state index in [1.165, 1.54) is 11.3 Å². The third kappa shape index (κ3) is 5.87. The number of fused-ring (bicyclic) bond motifs is 3. The van der Waals surface area contributed by atoms with E-state index in [9.17, 15) is 9.59 Å². The van der Waals surface area contributed by atoms with Gasteiger partial charge < -0.3 is 28.6 Å². The summed E-state index contributed by atoms with van der Waals surface area (Å²) in [5, 5.41) is 1.87. The predicted molar refractivity (Wildman–Crippen MR) is 192 cm³/mol. The van der Waals surface area contributed by atoms with Crippen molar-refractivity contribution in [3.05, 3.63) is 120 Å². The lowest BCUT2D eigenvalue weighted by Crippen LogP contribution is -2.43. The molecule has 1 amide bonds. The summed E-state index contributed by atoms with van der Waals surface area (Å²) in [7, 11) is 3.19. The molecule has 7 rings (SSSR count). The van der Waals surface area contributed by atoms with Gasteiger partial charge in [0.05, 0.1) is 30.0 Å². The normalized spacial score (nSPS) is 15.1. The fourth-order valence-electron chi connectivity index (χ4n) is 6.52. The van der Waals surface area contributed by atoms with Gasteiger partial charge in [-0.3, -0.25) is 14.2 Å². The summed E-state index contributed by atoms with van der Waals surface area (Å²) in [5.74, 6) is 2.91. The van der Waals surface area contributed by atoms with Crippen LogP contribution in [0.1, 0.15) is 43.5 Å². The summed E-state index contributed by atoms with van der Waals surface area (Å²) in [4.78, 5) is 35.8. The molecule has 1 aromatic heterocycles. The maximum absolute atomic E-state index is 14.5. The first-order valence-electron chi connectivity index (χ1n) is 16.4. The molecule has 0 fully saturated rings. The zero-order valence-corrected chi connectivity index (χ0v) is 29.3. The van der Waals surface area contributed by atoms with Crippen molar-refractivity contribution < 1.29 is 28.5 Å². The van der Waals surface area contributed by atoms with Crippen molar-refractivity contribution in [3.8, 4) is 28.7 Å². The Morgan fingerprint density at radius 2 is 1.72 bits per heavy atom. The second kappa shape index (κ2) is 13.8. The number of benzene rings is 4. The summed E-state index contributed by atoms with van der Waals surface area (Å²) in [6.07, 6.45) is 1.82. The van der Waals surface area contributed by atoms with Crippen molar-refractivity contribution in [1.29, 1.82) is 0 Å². The molecule has 0 N–H and O–H groups in total. The number of hydrogen-bond acceptors (Lipinski definition) is 9. The lowest BCUT2D eigenvalue weighted by molar-refractivity contribution is -0.127. The number of nitrogens with zero attached hydrogens (tertiary/aromatic N) is 3. The monoisotopic (exact) mass is 691 g/mol. The lowest BCUT2D eigenvalue weighted by atomic mass is 9.90. The Hall–Kier alpha value is -5.55. The minimum absolute atomic E-state index is 0.161. The molecule has 0 saturated heterocycles. The van der Waals surface area contributed by atoms with E-state index >= 15 is 0 Å². The number of methoxy groups -OCH3 is 2. The number of carbonyl (C=O) groups is 1. The van der Waals surface area contributed by atoms with Crippen molar-refractivity contribution in [2.45, 2.75) is 33.4 Å². The number of allylic oxidation sites excluding steroid dienone is 1. The summed E-state index contributed by atoms with van der Waals surface area (Å²) in [6.45, 7) is 7.29. The summed E-state index contributed by atoms with van der Waals surface area (Å²) >= 11 is 1.28. The Morgan fingerprint density at radius 1 is 0.960 bits per heavy atom. The smallest absolute Gasteiger partial charge is 0.271 e. The molecule has 4 aromatic carbocycles. The van der Waals surface area contributed by atoms with Crippen molar-refractivity contribution in [1.82, 2.24) is 9.47 Å². The van der Waals surface area contributed by atoms with Crippen LogP contribution in [-0.4, -0.2) is 49.5 Å². The highest BCUT2D eigenvalue weighted by atomic mass is 32.1. The van der Waals surface area contributed by atoms with Gasteiger partial charge in [-0.1, -0.05) is 53.8 Å². The number of thiazole rings is 1. The molecule has 0 spiro atoms. The molecule has 1 atom stereocenters. The molecule has 0 unspecified atom stereocenters. The van der Waals surface area contributed by atoms with Gasteiger partial charge in [0.15, 0.2) is 27.8 Å². The average Bonchev–Trinajstić information content (AvgIpc) is 3.73. The van der Waals surface area contributed by atoms with Crippen LogP contribution >= 0.6 is 11.3 Å². The number of likely N-dealkylation sites (N-methyl/N-ethyl adjacent to an activating group) is 1. The van der Waals surface area contributed by atoms with Gasteiger partial charge in [0, 0.05) is 18.7 Å². The molecule has 0 aliphatic carbocycles. The van der Waals surface area contributed by atoms with Crippen LogP contribution in [0.2, 0.25) is 0 Å². The van der Waals surface area contributed by atoms with Crippen LogP contribution in [0.15, 0.2) is 93.9 Å². The van der Waals surface area contributed by atoms with E-state index in [2.05, 4.69) is 0 Å². The average molecular weight is 692 g/mol. The fraction of sp³-hybridized carbons (Fsp3) is 0.256. The van der Waals surface area contributed by atoms with E-state index < -0.39 is 6.04 Å². The fourth-order valence-corrected chi connectivity index (χ4v) is 7.57. The van der Waals surface area contributed by atoms with Crippen molar-refractivity contribution in [2.24, 2.45) is 4.99 Å². The molecular weight excluding hydrogens is 655 g/mol. The lowest BCUT2D eigenvalue weighted by Gasteiger charge is -2.30.